The predicted octanol–water partition coefficient (Wildman–Crippen LogP) is 13.7. The fourth-order valence-electron chi connectivity index (χ4n) is 8.03. The monoisotopic (exact) mass is 732 g/mol. The van der Waals surface area contributed by atoms with Gasteiger partial charge in [0.15, 0.2) is 17.5 Å². The summed E-state index contributed by atoms with van der Waals surface area (Å²) in [4.78, 5) is 15.2. The van der Waals surface area contributed by atoms with E-state index in [1.165, 1.54) is 42.1 Å². The smallest absolute Gasteiger partial charge is 0.164 e. The number of aromatic nitrogens is 4. The Morgan fingerprint density at radius 3 is 1.61 bits per heavy atom. The lowest BCUT2D eigenvalue weighted by Crippen LogP contribution is -2.02. The van der Waals surface area contributed by atoms with Crippen LogP contribution >= 0.6 is 11.3 Å². The molecule has 0 amide bonds. The highest BCUT2D eigenvalue weighted by Gasteiger charge is 2.20. The lowest BCUT2D eigenvalue weighted by Gasteiger charge is -2.16. The molecule has 4 nitrogen and oxygen atoms in total. The maximum absolute atomic E-state index is 5.10. The highest BCUT2D eigenvalue weighted by atomic mass is 32.1. The second-order valence-electron chi connectivity index (χ2n) is 14.0. The van der Waals surface area contributed by atoms with Gasteiger partial charge in [0, 0.05) is 53.2 Å². The summed E-state index contributed by atoms with van der Waals surface area (Å²) >= 11 is 1.87. The van der Waals surface area contributed by atoms with Crippen LogP contribution in [0.2, 0.25) is 0 Å². The number of benzene rings is 8. The van der Waals surface area contributed by atoms with Gasteiger partial charge >= 0.3 is 0 Å². The summed E-state index contributed by atoms with van der Waals surface area (Å²) < 4.78 is 5.04. The number of para-hydroxylation sites is 1. The van der Waals surface area contributed by atoms with E-state index < -0.39 is 0 Å². The number of hydrogen-bond acceptors (Lipinski definition) is 4. The molecule has 3 heterocycles. The molecule has 0 bridgehead atoms. The van der Waals surface area contributed by atoms with Crippen molar-refractivity contribution in [3.63, 3.8) is 0 Å². The molecule has 0 atom stereocenters. The van der Waals surface area contributed by atoms with Gasteiger partial charge in [0.2, 0.25) is 0 Å². The molecule has 8 aromatic carbocycles. The molecular weight excluding hydrogens is 701 g/mol. The van der Waals surface area contributed by atoms with Crippen molar-refractivity contribution in [1.82, 2.24) is 19.5 Å². The molecule has 0 saturated heterocycles. The largest absolute Gasteiger partial charge is 0.309 e. The molecule has 11 rings (SSSR count). The molecule has 0 unspecified atom stereocenters. The van der Waals surface area contributed by atoms with Crippen molar-refractivity contribution in [1.29, 1.82) is 0 Å². The van der Waals surface area contributed by atoms with Crippen LogP contribution in [0.5, 0.6) is 0 Å². The van der Waals surface area contributed by atoms with Crippen LogP contribution in [0.1, 0.15) is 0 Å². The van der Waals surface area contributed by atoms with Crippen molar-refractivity contribution in [3.05, 3.63) is 194 Å². The van der Waals surface area contributed by atoms with Crippen LogP contribution < -0.4 is 0 Å². The molecule has 0 aliphatic rings. The first kappa shape index (κ1) is 32.2. The topological polar surface area (TPSA) is 43.6 Å². The Bertz CT molecular complexity index is 3180. The minimum atomic E-state index is 0.623. The third-order valence-corrected chi connectivity index (χ3v) is 11.9. The van der Waals surface area contributed by atoms with E-state index in [1.807, 2.05) is 72.0 Å². The van der Waals surface area contributed by atoms with Crippen LogP contribution in [0, 0.1) is 0 Å². The molecule has 0 aliphatic carbocycles. The van der Waals surface area contributed by atoms with Crippen LogP contribution in [0.25, 0.3) is 104 Å². The lowest BCUT2D eigenvalue weighted by molar-refractivity contribution is 1.07. The fraction of sp³-hybridized carbons (Fsp3) is 0. The normalized spacial score (nSPS) is 11.6. The first-order valence-electron chi connectivity index (χ1n) is 18.8. The van der Waals surface area contributed by atoms with Gasteiger partial charge in [-0.25, -0.2) is 15.0 Å². The third-order valence-electron chi connectivity index (χ3n) is 10.7. The van der Waals surface area contributed by atoms with Gasteiger partial charge in [-0.1, -0.05) is 164 Å². The summed E-state index contributed by atoms with van der Waals surface area (Å²) in [6.07, 6.45) is 0. The van der Waals surface area contributed by atoms with Gasteiger partial charge in [0.05, 0.1) is 16.7 Å². The molecular formula is C51H32N4S. The van der Waals surface area contributed by atoms with Crippen molar-refractivity contribution in [2.24, 2.45) is 0 Å². The summed E-state index contributed by atoms with van der Waals surface area (Å²) in [5.41, 5.74) is 10.9. The fourth-order valence-corrected chi connectivity index (χ4v) is 9.27. The minimum Gasteiger partial charge on any atom is -0.309 e. The summed E-state index contributed by atoms with van der Waals surface area (Å²) in [7, 11) is 0. The first-order valence-corrected chi connectivity index (χ1v) is 19.6. The molecule has 56 heavy (non-hydrogen) atoms. The van der Waals surface area contributed by atoms with E-state index in [1.54, 1.807) is 0 Å². The quantitative estimate of drug-likeness (QED) is 0.171. The molecule has 0 N–H and O–H groups in total. The van der Waals surface area contributed by atoms with Gasteiger partial charge in [-0.05, 0) is 47.0 Å². The van der Waals surface area contributed by atoms with Crippen molar-refractivity contribution in [3.8, 4) is 62.1 Å². The van der Waals surface area contributed by atoms with E-state index in [9.17, 15) is 0 Å². The molecule has 262 valence electrons. The van der Waals surface area contributed by atoms with Gasteiger partial charge in [-0.3, -0.25) is 0 Å². The number of fused-ring (bicyclic) bond motifs is 6. The molecule has 11 aromatic rings. The van der Waals surface area contributed by atoms with E-state index in [4.69, 9.17) is 15.0 Å². The third kappa shape index (κ3) is 5.40. The Kier molecular flexibility index (Phi) is 7.64. The maximum atomic E-state index is 5.10. The van der Waals surface area contributed by atoms with E-state index in [2.05, 4.69) is 138 Å². The second kappa shape index (κ2) is 13.3. The maximum Gasteiger partial charge on any atom is 0.164 e. The number of thiophene rings is 1. The zero-order valence-electron chi connectivity index (χ0n) is 30.2. The lowest BCUT2D eigenvalue weighted by atomic mass is 10.00. The number of rotatable bonds is 6. The zero-order valence-corrected chi connectivity index (χ0v) is 31.0. The average Bonchev–Trinajstić information content (AvgIpc) is 3.83. The van der Waals surface area contributed by atoms with Crippen molar-refractivity contribution in [2.45, 2.75) is 0 Å². The van der Waals surface area contributed by atoms with E-state index in [0.717, 1.165) is 44.5 Å². The predicted molar refractivity (Wildman–Crippen MR) is 234 cm³/mol. The van der Waals surface area contributed by atoms with Crippen LogP contribution in [-0.2, 0) is 0 Å². The summed E-state index contributed by atoms with van der Waals surface area (Å²) in [6, 6.07) is 68.6. The van der Waals surface area contributed by atoms with E-state index >= 15 is 0 Å². The molecule has 5 heteroatoms. The van der Waals surface area contributed by atoms with Gasteiger partial charge < -0.3 is 4.57 Å². The van der Waals surface area contributed by atoms with Gasteiger partial charge in [0.25, 0.3) is 0 Å². The van der Waals surface area contributed by atoms with Crippen molar-refractivity contribution in [2.75, 3.05) is 0 Å². The van der Waals surface area contributed by atoms with E-state index in [-0.39, 0.29) is 0 Å². The number of nitrogens with zero attached hydrogens (tertiary/aromatic N) is 4. The Hall–Kier alpha value is -7.21. The minimum absolute atomic E-state index is 0.623. The summed E-state index contributed by atoms with van der Waals surface area (Å²) in [5.74, 6) is 1.90. The first-order chi connectivity index (χ1) is 27.8. The number of hydrogen-bond donors (Lipinski definition) is 0. The van der Waals surface area contributed by atoms with Crippen LogP contribution in [-0.4, -0.2) is 19.5 Å². The Labute approximate surface area is 327 Å². The van der Waals surface area contributed by atoms with Crippen LogP contribution in [0.15, 0.2) is 194 Å². The highest BCUT2D eigenvalue weighted by molar-refractivity contribution is 7.26. The van der Waals surface area contributed by atoms with Crippen molar-refractivity contribution < 1.29 is 0 Å². The Balaban J connectivity index is 1.15. The molecule has 0 aliphatic heterocycles. The standard InChI is InChI=1S/C51H32N4S/c1-4-15-33(16-5-1)38-29-27-37(51-53-49(34-17-6-2-7-18-34)52-50(54-51)35-19-8-3-9-20-35)32-46(38)55-44-25-12-10-21-40(44)43-31-36(28-30-45(43)55)39-23-14-24-42-41-22-11-13-26-47(41)56-48(39)42/h1-32H. The second-order valence-corrected chi connectivity index (χ2v) is 15.1. The highest BCUT2D eigenvalue weighted by Crippen LogP contribution is 2.43. The molecule has 0 fully saturated rings. The average molecular weight is 733 g/mol. The van der Waals surface area contributed by atoms with Gasteiger partial charge in [0.1, 0.15) is 0 Å². The van der Waals surface area contributed by atoms with E-state index in [0.29, 0.717) is 17.5 Å². The van der Waals surface area contributed by atoms with Gasteiger partial charge in [-0.15, -0.1) is 11.3 Å². The zero-order chi connectivity index (χ0) is 37.0. The van der Waals surface area contributed by atoms with Crippen LogP contribution in [0.3, 0.4) is 0 Å². The summed E-state index contributed by atoms with van der Waals surface area (Å²) in [5, 5.41) is 5.03. The van der Waals surface area contributed by atoms with Gasteiger partial charge in [-0.2, -0.15) is 0 Å². The SMILES string of the molecule is c1ccc(-c2nc(-c3ccccc3)nc(-c3ccc(-c4ccccc4)c(-n4c5ccccc5c5cc(-c6cccc7c6sc6ccccc67)ccc54)c3)n2)cc1. The Morgan fingerprint density at radius 1 is 0.339 bits per heavy atom. The molecule has 0 radical (unpaired) electrons. The Morgan fingerprint density at radius 2 is 0.893 bits per heavy atom. The molecule has 0 saturated carbocycles. The summed E-state index contributed by atoms with van der Waals surface area (Å²) in [6.45, 7) is 0. The molecule has 0 spiro atoms. The molecule has 3 aromatic heterocycles. The van der Waals surface area contributed by atoms with Crippen molar-refractivity contribution >= 4 is 53.3 Å². The van der Waals surface area contributed by atoms with Crippen LogP contribution in [0.4, 0.5) is 0 Å².